The molecule has 0 spiro atoms. The number of hydrogen-bond acceptors (Lipinski definition) is 3. The van der Waals surface area contributed by atoms with Gasteiger partial charge in [-0.2, -0.15) is 0 Å². The summed E-state index contributed by atoms with van der Waals surface area (Å²) in [6.45, 7) is 4.02. The Labute approximate surface area is 115 Å². The van der Waals surface area contributed by atoms with Crippen LogP contribution in [0.4, 0.5) is 11.4 Å². The van der Waals surface area contributed by atoms with Gasteiger partial charge in [0.05, 0.1) is 0 Å². The average molecular weight is 255 g/mol. The number of para-hydroxylation sites is 1. The molecule has 19 heavy (non-hydrogen) atoms. The highest BCUT2D eigenvalue weighted by Gasteiger charge is 1.99. The monoisotopic (exact) mass is 255 g/mol. The lowest BCUT2D eigenvalue weighted by Gasteiger charge is -2.19. The molecular weight excluding hydrogens is 234 g/mol. The van der Waals surface area contributed by atoms with Crippen LogP contribution in [0.25, 0.3) is 0 Å². The smallest absolute Gasteiger partial charge is 0.0393 e. The van der Waals surface area contributed by atoms with Gasteiger partial charge >= 0.3 is 0 Å². The Hall–Kier alpha value is -2.03. The molecule has 0 aliphatic heterocycles. The Morgan fingerprint density at radius 1 is 1.16 bits per heavy atom. The van der Waals surface area contributed by atoms with Crippen molar-refractivity contribution in [1.29, 1.82) is 0 Å². The van der Waals surface area contributed by atoms with Crippen molar-refractivity contribution >= 4 is 11.4 Å². The van der Waals surface area contributed by atoms with E-state index in [1.165, 1.54) is 5.69 Å². The van der Waals surface area contributed by atoms with Crippen LogP contribution in [0, 0.1) is 6.92 Å². The molecule has 1 heterocycles. The number of rotatable bonds is 6. The van der Waals surface area contributed by atoms with Crippen LogP contribution in [-0.4, -0.2) is 25.1 Å². The maximum Gasteiger partial charge on any atom is 0.0393 e. The van der Waals surface area contributed by atoms with Crippen molar-refractivity contribution in [2.24, 2.45) is 0 Å². The van der Waals surface area contributed by atoms with Gasteiger partial charge in [-0.25, -0.2) is 0 Å². The summed E-state index contributed by atoms with van der Waals surface area (Å²) in [7, 11) is 2.13. The molecule has 2 aromatic rings. The minimum absolute atomic E-state index is 0.973. The van der Waals surface area contributed by atoms with Crippen molar-refractivity contribution < 1.29 is 0 Å². The van der Waals surface area contributed by atoms with Crippen molar-refractivity contribution in [3.63, 3.8) is 0 Å². The fourth-order valence-corrected chi connectivity index (χ4v) is 2.02. The first-order valence-corrected chi connectivity index (χ1v) is 6.68. The Morgan fingerprint density at radius 2 is 1.95 bits per heavy atom. The third-order valence-corrected chi connectivity index (χ3v) is 3.09. The molecule has 0 radical (unpaired) electrons. The molecule has 2 rings (SSSR count). The number of aromatic nitrogens is 1. The van der Waals surface area contributed by atoms with Crippen LogP contribution in [0.5, 0.6) is 0 Å². The first kappa shape index (κ1) is 13.4. The summed E-state index contributed by atoms with van der Waals surface area (Å²) in [4.78, 5) is 6.46. The third-order valence-electron chi connectivity index (χ3n) is 3.09. The number of anilines is 2. The van der Waals surface area contributed by atoms with Crippen LogP contribution in [0.15, 0.2) is 48.7 Å². The maximum atomic E-state index is 4.19. The molecule has 100 valence electrons. The van der Waals surface area contributed by atoms with Gasteiger partial charge in [0.1, 0.15) is 0 Å². The molecule has 0 saturated carbocycles. The van der Waals surface area contributed by atoms with Gasteiger partial charge in [-0.15, -0.1) is 0 Å². The van der Waals surface area contributed by atoms with Crippen molar-refractivity contribution in [3.8, 4) is 0 Å². The van der Waals surface area contributed by atoms with E-state index in [1.807, 2.05) is 25.3 Å². The van der Waals surface area contributed by atoms with Gasteiger partial charge in [0.15, 0.2) is 0 Å². The predicted octanol–water partition coefficient (Wildman–Crippen LogP) is 3.33. The molecule has 0 fully saturated rings. The fourth-order valence-electron chi connectivity index (χ4n) is 2.02. The van der Waals surface area contributed by atoms with E-state index in [1.54, 1.807) is 0 Å². The molecule has 1 N–H and O–H groups in total. The van der Waals surface area contributed by atoms with Gasteiger partial charge in [0.25, 0.3) is 0 Å². The molecule has 0 aliphatic carbocycles. The number of hydrogen-bond donors (Lipinski definition) is 1. The Kier molecular flexibility index (Phi) is 4.78. The minimum Gasteiger partial charge on any atom is -0.385 e. The van der Waals surface area contributed by atoms with E-state index in [-0.39, 0.29) is 0 Å². The zero-order valence-electron chi connectivity index (χ0n) is 11.6. The Morgan fingerprint density at radius 3 is 2.68 bits per heavy atom. The van der Waals surface area contributed by atoms with Crippen LogP contribution in [0.3, 0.4) is 0 Å². The molecule has 0 unspecified atom stereocenters. The molecule has 3 heteroatoms. The number of pyridine rings is 1. The standard InChI is InChI=1S/C16H21N3/c1-14-13-15(9-11-17-14)18-10-6-12-19(2)16-7-4-3-5-8-16/h3-5,7-9,11,13H,6,10,12H2,1-2H3,(H,17,18). The summed E-state index contributed by atoms with van der Waals surface area (Å²) in [5.74, 6) is 0. The van der Waals surface area contributed by atoms with E-state index < -0.39 is 0 Å². The molecule has 0 bridgehead atoms. The Bertz CT molecular complexity index is 496. The van der Waals surface area contributed by atoms with Gasteiger partial charge in [0.2, 0.25) is 0 Å². The van der Waals surface area contributed by atoms with Gasteiger partial charge < -0.3 is 10.2 Å². The average Bonchev–Trinajstić information content (AvgIpc) is 2.44. The quantitative estimate of drug-likeness (QED) is 0.802. The fraction of sp³-hybridized carbons (Fsp3) is 0.312. The zero-order valence-corrected chi connectivity index (χ0v) is 11.6. The second-order valence-corrected chi connectivity index (χ2v) is 4.72. The van der Waals surface area contributed by atoms with Crippen molar-refractivity contribution in [3.05, 3.63) is 54.4 Å². The second-order valence-electron chi connectivity index (χ2n) is 4.72. The molecule has 0 saturated heterocycles. The summed E-state index contributed by atoms with van der Waals surface area (Å²) in [5, 5.41) is 3.43. The van der Waals surface area contributed by atoms with Crippen LogP contribution in [-0.2, 0) is 0 Å². The third kappa shape index (κ3) is 4.28. The molecule has 1 aromatic carbocycles. The summed E-state index contributed by atoms with van der Waals surface area (Å²) in [6.07, 6.45) is 2.94. The summed E-state index contributed by atoms with van der Waals surface area (Å²) >= 11 is 0. The highest BCUT2D eigenvalue weighted by Crippen LogP contribution is 2.11. The number of aryl methyl sites for hydroxylation is 1. The topological polar surface area (TPSA) is 28.2 Å². The number of nitrogens with zero attached hydrogens (tertiary/aromatic N) is 2. The van der Waals surface area contributed by atoms with Gasteiger partial charge in [-0.3, -0.25) is 4.98 Å². The predicted molar refractivity (Wildman–Crippen MR) is 81.8 cm³/mol. The number of benzene rings is 1. The molecule has 3 nitrogen and oxygen atoms in total. The van der Waals surface area contributed by atoms with E-state index in [2.05, 4.69) is 52.6 Å². The van der Waals surface area contributed by atoms with Crippen LogP contribution in [0.2, 0.25) is 0 Å². The van der Waals surface area contributed by atoms with E-state index in [0.717, 1.165) is 30.9 Å². The first-order valence-electron chi connectivity index (χ1n) is 6.68. The highest BCUT2D eigenvalue weighted by molar-refractivity contribution is 5.45. The van der Waals surface area contributed by atoms with Crippen molar-refractivity contribution in [2.45, 2.75) is 13.3 Å². The van der Waals surface area contributed by atoms with E-state index >= 15 is 0 Å². The van der Waals surface area contributed by atoms with Crippen LogP contribution < -0.4 is 10.2 Å². The van der Waals surface area contributed by atoms with Crippen molar-refractivity contribution in [2.75, 3.05) is 30.4 Å². The van der Waals surface area contributed by atoms with Gasteiger partial charge in [-0.05, 0) is 37.6 Å². The summed E-state index contributed by atoms with van der Waals surface area (Å²) < 4.78 is 0. The minimum atomic E-state index is 0.973. The van der Waals surface area contributed by atoms with E-state index in [9.17, 15) is 0 Å². The lowest BCUT2D eigenvalue weighted by molar-refractivity contribution is 0.816. The van der Waals surface area contributed by atoms with Crippen LogP contribution in [0.1, 0.15) is 12.1 Å². The SMILES string of the molecule is Cc1cc(NCCCN(C)c2ccccc2)ccn1. The van der Waals surface area contributed by atoms with Gasteiger partial charge in [0, 0.05) is 43.4 Å². The molecule has 0 amide bonds. The van der Waals surface area contributed by atoms with Crippen LogP contribution >= 0.6 is 0 Å². The highest BCUT2D eigenvalue weighted by atomic mass is 15.1. The van der Waals surface area contributed by atoms with E-state index in [0.29, 0.717) is 0 Å². The molecular formula is C16H21N3. The van der Waals surface area contributed by atoms with E-state index in [4.69, 9.17) is 0 Å². The second kappa shape index (κ2) is 6.78. The normalized spacial score (nSPS) is 10.2. The molecule has 1 aromatic heterocycles. The van der Waals surface area contributed by atoms with Gasteiger partial charge in [-0.1, -0.05) is 18.2 Å². The molecule has 0 aliphatic rings. The lowest BCUT2D eigenvalue weighted by Crippen LogP contribution is -2.20. The summed E-state index contributed by atoms with van der Waals surface area (Å²) in [6, 6.07) is 14.5. The number of nitrogens with one attached hydrogen (secondary N) is 1. The van der Waals surface area contributed by atoms with Crippen molar-refractivity contribution in [1.82, 2.24) is 4.98 Å². The first-order chi connectivity index (χ1) is 9.25. The Balaban J connectivity index is 1.72. The molecule has 0 atom stereocenters. The summed E-state index contributed by atoms with van der Waals surface area (Å²) in [5.41, 5.74) is 3.46. The lowest BCUT2D eigenvalue weighted by atomic mass is 10.3. The zero-order chi connectivity index (χ0) is 13.5. The largest absolute Gasteiger partial charge is 0.385 e. The maximum absolute atomic E-state index is 4.19.